The fourth-order valence-electron chi connectivity index (χ4n) is 2.91. The van der Waals surface area contributed by atoms with Crippen LogP contribution in [0.3, 0.4) is 0 Å². The van der Waals surface area contributed by atoms with Crippen molar-refractivity contribution in [3.63, 3.8) is 0 Å². The van der Waals surface area contributed by atoms with Crippen LogP contribution in [0.4, 0.5) is 5.13 Å². The van der Waals surface area contributed by atoms with Crippen LogP contribution in [-0.4, -0.2) is 38.8 Å². The average Bonchev–Trinajstić information content (AvgIpc) is 3.27. The summed E-state index contributed by atoms with van der Waals surface area (Å²) in [6, 6.07) is 8.48. The number of methoxy groups -OCH3 is 3. The summed E-state index contributed by atoms with van der Waals surface area (Å²) < 4.78 is 16.1. The lowest BCUT2D eigenvalue weighted by Gasteiger charge is -2.20. The van der Waals surface area contributed by atoms with Crippen LogP contribution in [0.5, 0.6) is 17.2 Å². The second kappa shape index (κ2) is 10.0. The Morgan fingerprint density at radius 2 is 1.77 bits per heavy atom. The summed E-state index contributed by atoms with van der Waals surface area (Å²) in [5.41, 5.74) is 1.85. The van der Waals surface area contributed by atoms with Gasteiger partial charge in [0.05, 0.1) is 37.1 Å². The van der Waals surface area contributed by atoms with Crippen LogP contribution >= 0.6 is 34.5 Å². The van der Waals surface area contributed by atoms with Gasteiger partial charge in [0, 0.05) is 23.1 Å². The first kappa shape index (κ1) is 22.9. The van der Waals surface area contributed by atoms with E-state index in [-0.39, 0.29) is 12.5 Å². The maximum absolute atomic E-state index is 13.4. The molecular formula is C22H20Cl2N2O4S. The molecule has 31 heavy (non-hydrogen) atoms. The molecular weight excluding hydrogens is 459 g/mol. The zero-order valence-corrected chi connectivity index (χ0v) is 19.5. The van der Waals surface area contributed by atoms with E-state index < -0.39 is 0 Å². The summed E-state index contributed by atoms with van der Waals surface area (Å²) in [6.45, 7) is 4.03. The Balaban J connectivity index is 1.99. The summed E-state index contributed by atoms with van der Waals surface area (Å²) in [4.78, 5) is 19.5. The molecule has 1 aromatic heterocycles. The number of amides is 1. The van der Waals surface area contributed by atoms with E-state index in [2.05, 4.69) is 11.6 Å². The molecule has 1 amide bonds. The molecule has 9 heteroatoms. The minimum Gasteiger partial charge on any atom is -0.493 e. The molecule has 0 unspecified atom stereocenters. The van der Waals surface area contributed by atoms with Crippen LogP contribution in [-0.2, 0) is 0 Å². The average molecular weight is 479 g/mol. The van der Waals surface area contributed by atoms with Crippen molar-refractivity contribution >= 4 is 45.6 Å². The number of carbonyl (C=O) groups excluding carboxylic acids is 1. The van der Waals surface area contributed by atoms with Crippen molar-refractivity contribution < 1.29 is 19.0 Å². The molecule has 162 valence electrons. The van der Waals surface area contributed by atoms with E-state index in [1.54, 1.807) is 30.3 Å². The van der Waals surface area contributed by atoms with E-state index >= 15 is 0 Å². The molecule has 0 atom stereocenters. The monoisotopic (exact) mass is 478 g/mol. The Morgan fingerprint density at radius 3 is 2.32 bits per heavy atom. The lowest BCUT2D eigenvalue weighted by molar-refractivity contribution is 0.0989. The standard InChI is InChI=1S/C22H20Cl2N2O4S/c1-5-8-26(21(27)14-10-18(28-2)20(30-4)19(11-14)29-3)22-25-17(12-31-22)13-6-7-15(23)16(24)9-13/h5-7,9-12H,1,8H2,2-4H3. The first-order chi connectivity index (χ1) is 14.9. The van der Waals surface area contributed by atoms with E-state index in [0.717, 1.165) is 5.56 Å². The SMILES string of the molecule is C=CCN(C(=O)c1cc(OC)c(OC)c(OC)c1)c1nc(-c2ccc(Cl)c(Cl)c2)cs1. The van der Waals surface area contributed by atoms with Gasteiger partial charge in [0.2, 0.25) is 5.75 Å². The number of benzene rings is 2. The van der Waals surface area contributed by atoms with Gasteiger partial charge < -0.3 is 14.2 Å². The van der Waals surface area contributed by atoms with Gasteiger partial charge in [-0.3, -0.25) is 9.69 Å². The number of rotatable bonds is 8. The highest BCUT2D eigenvalue weighted by Gasteiger charge is 2.24. The van der Waals surface area contributed by atoms with Crippen molar-refractivity contribution in [3.05, 3.63) is 64.0 Å². The molecule has 0 aliphatic carbocycles. The number of halogens is 2. The Hall–Kier alpha value is -2.74. The highest BCUT2D eigenvalue weighted by atomic mass is 35.5. The van der Waals surface area contributed by atoms with E-state index in [0.29, 0.717) is 43.7 Å². The third-order valence-corrected chi connectivity index (χ3v) is 6.01. The number of thiazole rings is 1. The van der Waals surface area contributed by atoms with Crippen molar-refractivity contribution in [3.8, 4) is 28.5 Å². The van der Waals surface area contributed by atoms with Crippen LogP contribution in [0.2, 0.25) is 10.0 Å². The molecule has 0 aliphatic rings. The molecule has 0 bridgehead atoms. The van der Waals surface area contributed by atoms with Crippen LogP contribution in [0.25, 0.3) is 11.3 Å². The molecule has 0 fully saturated rings. The van der Waals surface area contributed by atoms with Gasteiger partial charge in [-0.15, -0.1) is 17.9 Å². The number of nitrogens with zero attached hydrogens (tertiary/aromatic N) is 2. The molecule has 3 rings (SSSR count). The van der Waals surface area contributed by atoms with E-state index in [1.807, 2.05) is 11.4 Å². The number of aromatic nitrogens is 1. The lowest BCUT2D eigenvalue weighted by Crippen LogP contribution is -2.31. The fourth-order valence-corrected chi connectivity index (χ4v) is 4.05. The van der Waals surface area contributed by atoms with Crippen LogP contribution in [0.1, 0.15) is 10.4 Å². The van der Waals surface area contributed by atoms with Gasteiger partial charge in [-0.2, -0.15) is 0 Å². The molecule has 0 radical (unpaired) electrons. The van der Waals surface area contributed by atoms with Crippen molar-refractivity contribution in [1.29, 1.82) is 0 Å². The Morgan fingerprint density at radius 1 is 1.10 bits per heavy atom. The summed E-state index contributed by atoms with van der Waals surface area (Å²) in [7, 11) is 4.50. The highest BCUT2D eigenvalue weighted by Crippen LogP contribution is 2.39. The van der Waals surface area contributed by atoms with Crippen molar-refractivity contribution in [2.45, 2.75) is 0 Å². The predicted octanol–water partition coefficient (Wildman–Crippen LogP) is 5.98. The van der Waals surface area contributed by atoms with Gasteiger partial charge in [-0.25, -0.2) is 4.98 Å². The second-order valence-corrected chi connectivity index (χ2v) is 7.91. The zero-order valence-electron chi connectivity index (χ0n) is 17.1. The van der Waals surface area contributed by atoms with E-state index in [1.165, 1.54) is 37.6 Å². The van der Waals surface area contributed by atoms with Gasteiger partial charge >= 0.3 is 0 Å². The van der Waals surface area contributed by atoms with Crippen molar-refractivity contribution in [1.82, 2.24) is 4.98 Å². The highest BCUT2D eigenvalue weighted by molar-refractivity contribution is 7.14. The summed E-state index contributed by atoms with van der Waals surface area (Å²) in [6.07, 6.45) is 1.64. The van der Waals surface area contributed by atoms with Crippen molar-refractivity contribution in [2.24, 2.45) is 0 Å². The first-order valence-electron chi connectivity index (χ1n) is 9.07. The summed E-state index contributed by atoms with van der Waals surface area (Å²) in [5.74, 6) is 0.904. The lowest BCUT2D eigenvalue weighted by atomic mass is 10.1. The van der Waals surface area contributed by atoms with Gasteiger partial charge in [0.1, 0.15) is 0 Å². The molecule has 2 aromatic carbocycles. The van der Waals surface area contributed by atoms with Crippen molar-refractivity contribution in [2.75, 3.05) is 32.8 Å². The summed E-state index contributed by atoms with van der Waals surface area (Å²) in [5, 5.41) is 3.27. The van der Waals surface area contributed by atoms with Gasteiger partial charge in [-0.1, -0.05) is 35.3 Å². The first-order valence-corrected chi connectivity index (χ1v) is 10.7. The van der Waals surface area contributed by atoms with Crippen LogP contribution < -0.4 is 19.1 Å². The Bertz CT molecular complexity index is 1090. The predicted molar refractivity (Wildman–Crippen MR) is 126 cm³/mol. The normalized spacial score (nSPS) is 10.5. The van der Waals surface area contributed by atoms with Gasteiger partial charge in [-0.05, 0) is 24.3 Å². The molecule has 0 saturated heterocycles. The minimum atomic E-state index is -0.283. The number of carbonyl (C=O) groups is 1. The molecule has 6 nitrogen and oxygen atoms in total. The Kier molecular flexibility index (Phi) is 7.43. The topological polar surface area (TPSA) is 60.9 Å². The van der Waals surface area contributed by atoms with E-state index in [9.17, 15) is 4.79 Å². The molecule has 0 saturated carbocycles. The maximum atomic E-state index is 13.4. The largest absolute Gasteiger partial charge is 0.493 e. The molecule has 3 aromatic rings. The Labute approximate surface area is 194 Å². The third-order valence-electron chi connectivity index (χ3n) is 4.41. The fraction of sp³-hybridized carbons (Fsp3) is 0.182. The van der Waals surface area contributed by atoms with E-state index in [4.69, 9.17) is 37.4 Å². The number of anilines is 1. The van der Waals surface area contributed by atoms with Crippen LogP contribution in [0, 0.1) is 0 Å². The molecule has 0 N–H and O–H groups in total. The summed E-state index contributed by atoms with van der Waals surface area (Å²) >= 11 is 13.5. The smallest absolute Gasteiger partial charge is 0.260 e. The molecule has 1 heterocycles. The van der Waals surface area contributed by atoms with Gasteiger partial charge in [0.15, 0.2) is 16.6 Å². The number of ether oxygens (including phenoxy) is 3. The second-order valence-electron chi connectivity index (χ2n) is 6.26. The minimum absolute atomic E-state index is 0.268. The van der Waals surface area contributed by atoms with Crippen LogP contribution in [0.15, 0.2) is 48.4 Å². The van der Waals surface area contributed by atoms with Gasteiger partial charge in [0.25, 0.3) is 5.91 Å². The zero-order chi connectivity index (χ0) is 22.5. The maximum Gasteiger partial charge on any atom is 0.260 e. The number of hydrogen-bond donors (Lipinski definition) is 0. The number of hydrogen-bond acceptors (Lipinski definition) is 6. The molecule has 0 aliphatic heterocycles. The third kappa shape index (κ3) is 4.79. The quantitative estimate of drug-likeness (QED) is 0.372. The molecule has 0 spiro atoms.